The van der Waals surface area contributed by atoms with E-state index in [0.29, 0.717) is 5.56 Å². The first-order valence-electron chi connectivity index (χ1n) is 7.43. The second-order valence-electron chi connectivity index (χ2n) is 5.46. The molecule has 2 heterocycles. The SMILES string of the molecule is OCC(O)c1ccc(-c2cnn(C3CCCCO3)c2)cc1F. The minimum atomic E-state index is -1.20. The standard InChI is InChI=1S/C16H19FN2O3/c17-14-7-11(4-5-13(14)15(21)10-20)12-8-18-19(9-12)16-3-1-2-6-22-16/h4-5,7-9,15-16,20-21H,1-3,6,10H2. The topological polar surface area (TPSA) is 67.5 Å². The van der Waals surface area contributed by atoms with Gasteiger partial charge in [0.2, 0.25) is 0 Å². The highest BCUT2D eigenvalue weighted by Crippen LogP contribution is 2.27. The zero-order valence-electron chi connectivity index (χ0n) is 12.2. The molecule has 0 bridgehead atoms. The van der Waals surface area contributed by atoms with Gasteiger partial charge in [0, 0.05) is 23.9 Å². The summed E-state index contributed by atoms with van der Waals surface area (Å²) in [5.74, 6) is -0.541. The lowest BCUT2D eigenvalue weighted by atomic mass is 10.0. The Bertz CT molecular complexity index is 638. The molecule has 6 heteroatoms. The van der Waals surface area contributed by atoms with Crippen molar-refractivity contribution in [3.63, 3.8) is 0 Å². The van der Waals surface area contributed by atoms with Gasteiger partial charge in [-0.3, -0.25) is 0 Å². The molecule has 1 aliphatic rings. The van der Waals surface area contributed by atoms with Crippen LogP contribution in [0.25, 0.3) is 11.1 Å². The zero-order valence-corrected chi connectivity index (χ0v) is 12.2. The molecule has 2 aromatic rings. The van der Waals surface area contributed by atoms with E-state index >= 15 is 0 Å². The number of aliphatic hydroxyl groups excluding tert-OH is 2. The van der Waals surface area contributed by atoms with E-state index in [1.807, 2.05) is 6.20 Å². The van der Waals surface area contributed by atoms with Gasteiger partial charge in [0.05, 0.1) is 12.8 Å². The van der Waals surface area contributed by atoms with Crippen molar-refractivity contribution in [2.45, 2.75) is 31.6 Å². The molecule has 1 fully saturated rings. The molecule has 2 unspecified atom stereocenters. The number of aromatic nitrogens is 2. The number of nitrogens with zero attached hydrogens (tertiary/aromatic N) is 2. The summed E-state index contributed by atoms with van der Waals surface area (Å²) in [6, 6.07) is 4.54. The molecular formula is C16H19FN2O3. The van der Waals surface area contributed by atoms with Gasteiger partial charge in [0.25, 0.3) is 0 Å². The summed E-state index contributed by atoms with van der Waals surface area (Å²) in [6.07, 6.45) is 5.38. The number of ether oxygens (including phenoxy) is 1. The van der Waals surface area contributed by atoms with Gasteiger partial charge in [-0.2, -0.15) is 5.10 Å². The van der Waals surface area contributed by atoms with Gasteiger partial charge in [-0.15, -0.1) is 0 Å². The monoisotopic (exact) mass is 306 g/mol. The third kappa shape index (κ3) is 3.04. The highest BCUT2D eigenvalue weighted by atomic mass is 19.1. The van der Waals surface area contributed by atoms with Crippen molar-refractivity contribution in [1.82, 2.24) is 9.78 Å². The molecule has 0 aliphatic carbocycles. The summed E-state index contributed by atoms with van der Waals surface area (Å²) in [5.41, 5.74) is 1.56. The Hall–Kier alpha value is -1.76. The minimum absolute atomic E-state index is 0.0529. The first-order valence-corrected chi connectivity index (χ1v) is 7.43. The van der Waals surface area contributed by atoms with Gasteiger partial charge in [0.15, 0.2) is 0 Å². The molecule has 5 nitrogen and oxygen atoms in total. The molecule has 1 saturated heterocycles. The fourth-order valence-corrected chi connectivity index (χ4v) is 2.65. The summed E-state index contributed by atoms with van der Waals surface area (Å²) in [4.78, 5) is 0. The molecule has 2 atom stereocenters. The number of benzene rings is 1. The fourth-order valence-electron chi connectivity index (χ4n) is 2.65. The van der Waals surface area contributed by atoms with Crippen LogP contribution in [0.4, 0.5) is 4.39 Å². The van der Waals surface area contributed by atoms with E-state index in [4.69, 9.17) is 9.84 Å². The van der Waals surface area contributed by atoms with E-state index in [-0.39, 0.29) is 11.8 Å². The molecule has 118 valence electrons. The van der Waals surface area contributed by atoms with E-state index in [9.17, 15) is 9.50 Å². The van der Waals surface area contributed by atoms with Crippen molar-refractivity contribution in [3.8, 4) is 11.1 Å². The van der Waals surface area contributed by atoms with Crippen LogP contribution >= 0.6 is 0 Å². The maximum atomic E-state index is 14.0. The molecule has 0 radical (unpaired) electrons. The highest BCUT2D eigenvalue weighted by Gasteiger charge is 2.18. The van der Waals surface area contributed by atoms with E-state index in [1.165, 1.54) is 12.1 Å². The second kappa shape index (κ2) is 6.56. The molecule has 2 N–H and O–H groups in total. The molecule has 22 heavy (non-hydrogen) atoms. The average Bonchev–Trinajstić information content (AvgIpc) is 3.05. The van der Waals surface area contributed by atoms with Gasteiger partial charge in [-0.05, 0) is 30.9 Å². The third-order valence-corrected chi connectivity index (χ3v) is 3.92. The van der Waals surface area contributed by atoms with Gasteiger partial charge in [-0.25, -0.2) is 9.07 Å². The van der Waals surface area contributed by atoms with Crippen LogP contribution in [0.5, 0.6) is 0 Å². The number of hydrogen-bond donors (Lipinski definition) is 2. The van der Waals surface area contributed by atoms with Crippen molar-refractivity contribution in [3.05, 3.63) is 42.0 Å². The van der Waals surface area contributed by atoms with Gasteiger partial charge in [-0.1, -0.05) is 12.1 Å². The van der Waals surface area contributed by atoms with Crippen molar-refractivity contribution in [1.29, 1.82) is 0 Å². The van der Waals surface area contributed by atoms with E-state index < -0.39 is 18.5 Å². The van der Waals surface area contributed by atoms with Crippen LogP contribution in [0.1, 0.15) is 37.2 Å². The summed E-state index contributed by atoms with van der Waals surface area (Å²) in [5, 5.41) is 22.7. The van der Waals surface area contributed by atoms with Crippen molar-refractivity contribution >= 4 is 0 Å². The number of hydrogen-bond acceptors (Lipinski definition) is 4. The highest BCUT2D eigenvalue weighted by molar-refractivity contribution is 5.62. The third-order valence-electron chi connectivity index (χ3n) is 3.92. The number of halogens is 1. The summed E-state index contributed by atoms with van der Waals surface area (Å²) in [7, 11) is 0. The van der Waals surface area contributed by atoms with Crippen LogP contribution in [0.3, 0.4) is 0 Å². The van der Waals surface area contributed by atoms with Crippen LogP contribution < -0.4 is 0 Å². The van der Waals surface area contributed by atoms with E-state index in [0.717, 1.165) is 31.4 Å². The Morgan fingerprint density at radius 2 is 2.23 bits per heavy atom. The van der Waals surface area contributed by atoms with Crippen molar-refractivity contribution in [2.24, 2.45) is 0 Å². The van der Waals surface area contributed by atoms with Crippen LogP contribution in [-0.2, 0) is 4.74 Å². The second-order valence-corrected chi connectivity index (χ2v) is 5.46. The van der Waals surface area contributed by atoms with Gasteiger partial charge < -0.3 is 14.9 Å². The van der Waals surface area contributed by atoms with E-state index in [2.05, 4.69) is 5.10 Å². The molecular weight excluding hydrogens is 287 g/mol. The van der Waals surface area contributed by atoms with Gasteiger partial charge in [0.1, 0.15) is 18.1 Å². The predicted molar refractivity (Wildman–Crippen MR) is 78.5 cm³/mol. The molecule has 1 aromatic carbocycles. The lowest BCUT2D eigenvalue weighted by molar-refractivity contribution is -0.0394. The number of rotatable bonds is 4. The zero-order chi connectivity index (χ0) is 15.5. The Labute approximate surface area is 128 Å². The largest absolute Gasteiger partial charge is 0.393 e. The quantitative estimate of drug-likeness (QED) is 0.910. The molecule has 0 spiro atoms. The predicted octanol–water partition coefficient (Wildman–Crippen LogP) is 2.41. The van der Waals surface area contributed by atoms with E-state index in [1.54, 1.807) is 16.9 Å². The van der Waals surface area contributed by atoms with Gasteiger partial charge >= 0.3 is 0 Å². The van der Waals surface area contributed by atoms with Crippen LogP contribution in [0.15, 0.2) is 30.6 Å². The first-order chi connectivity index (χ1) is 10.7. The normalized spacial score (nSPS) is 20.0. The summed E-state index contributed by atoms with van der Waals surface area (Å²) in [6.45, 7) is 0.232. The van der Waals surface area contributed by atoms with Crippen LogP contribution in [0.2, 0.25) is 0 Å². The smallest absolute Gasteiger partial charge is 0.150 e. The Morgan fingerprint density at radius 1 is 1.36 bits per heavy atom. The number of aliphatic hydroxyl groups is 2. The minimum Gasteiger partial charge on any atom is -0.393 e. The maximum absolute atomic E-state index is 14.0. The van der Waals surface area contributed by atoms with Crippen molar-refractivity contribution < 1.29 is 19.3 Å². The molecule has 3 rings (SSSR count). The Kier molecular flexibility index (Phi) is 4.52. The Morgan fingerprint density at radius 3 is 2.91 bits per heavy atom. The molecule has 1 aliphatic heterocycles. The summed E-state index contributed by atoms with van der Waals surface area (Å²) < 4.78 is 21.4. The average molecular weight is 306 g/mol. The maximum Gasteiger partial charge on any atom is 0.150 e. The molecule has 0 saturated carbocycles. The van der Waals surface area contributed by atoms with Crippen LogP contribution in [0, 0.1) is 5.82 Å². The lowest BCUT2D eigenvalue weighted by Gasteiger charge is -2.22. The summed E-state index contributed by atoms with van der Waals surface area (Å²) >= 11 is 0. The molecule has 1 aromatic heterocycles. The fraction of sp³-hybridized carbons (Fsp3) is 0.438. The first kappa shape index (κ1) is 15.1. The van der Waals surface area contributed by atoms with Crippen molar-refractivity contribution in [2.75, 3.05) is 13.2 Å². The van der Waals surface area contributed by atoms with Crippen LogP contribution in [-0.4, -0.2) is 33.2 Å². The molecule has 0 amide bonds. The lowest BCUT2D eigenvalue weighted by Crippen LogP contribution is -2.18. The Balaban J connectivity index is 1.82.